The van der Waals surface area contributed by atoms with Crippen molar-refractivity contribution in [2.75, 3.05) is 0 Å². The first-order valence-corrected chi connectivity index (χ1v) is 15.4. The molecule has 216 valence electrons. The number of fused-ring (bicyclic) bond motifs is 4. The molecule has 0 radical (unpaired) electrons. The van der Waals surface area contributed by atoms with Crippen LogP contribution >= 0.6 is 0 Å². The standard InChI is InChI=1S/C41H27N5/c1-4-16-28(17-5-1)37-39(29-18-6-2-7-19-29)45(30-20-8-3-9-21-30)40(43-37)38-33-24-10-13-25-34(33)42-41(44-38)46-35-26-14-11-22-31(35)32-23-12-15-27-36(32)46/h1-27H. The number of imidazole rings is 1. The van der Waals surface area contributed by atoms with E-state index in [1.54, 1.807) is 0 Å². The predicted octanol–water partition coefficient (Wildman–Crippen LogP) is 9.91. The van der Waals surface area contributed by atoms with Crippen LogP contribution in [-0.2, 0) is 0 Å². The molecule has 0 amide bonds. The molecule has 9 aromatic rings. The third-order valence-electron chi connectivity index (χ3n) is 8.57. The van der Waals surface area contributed by atoms with Crippen LogP contribution in [0.2, 0.25) is 0 Å². The maximum Gasteiger partial charge on any atom is 0.235 e. The zero-order chi connectivity index (χ0) is 30.5. The number of aromatic nitrogens is 5. The summed E-state index contributed by atoms with van der Waals surface area (Å²) in [4.78, 5) is 16.0. The van der Waals surface area contributed by atoms with Gasteiger partial charge in [0.05, 0.1) is 27.9 Å². The third-order valence-corrected chi connectivity index (χ3v) is 8.57. The van der Waals surface area contributed by atoms with Crippen molar-refractivity contribution in [2.24, 2.45) is 0 Å². The molecule has 0 saturated carbocycles. The number of hydrogen-bond donors (Lipinski definition) is 0. The van der Waals surface area contributed by atoms with E-state index in [9.17, 15) is 0 Å². The Morgan fingerprint density at radius 2 is 0.891 bits per heavy atom. The van der Waals surface area contributed by atoms with E-state index in [1.807, 2.05) is 30.3 Å². The van der Waals surface area contributed by atoms with Crippen molar-refractivity contribution in [2.45, 2.75) is 0 Å². The van der Waals surface area contributed by atoms with Crippen molar-refractivity contribution in [3.8, 4) is 45.7 Å². The SMILES string of the molecule is c1ccc(-c2nc(-c3nc(-n4c5ccccc5c5ccccc54)nc4ccccc34)n(-c3ccccc3)c2-c2ccccc2)cc1. The van der Waals surface area contributed by atoms with E-state index in [2.05, 4.69) is 143 Å². The van der Waals surface area contributed by atoms with Crippen molar-refractivity contribution in [1.82, 2.24) is 24.1 Å². The zero-order valence-electron chi connectivity index (χ0n) is 24.8. The molecular formula is C41H27N5. The van der Waals surface area contributed by atoms with Gasteiger partial charge in [-0.25, -0.2) is 15.0 Å². The molecule has 6 aromatic carbocycles. The maximum atomic E-state index is 5.46. The second-order valence-corrected chi connectivity index (χ2v) is 11.3. The van der Waals surface area contributed by atoms with E-state index in [0.29, 0.717) is 5.95 Å². The lowest BCUT2D eigenvalue weighted by molar-refractivity contribution is 0.993. The van der Waals surface area contributed by atoms with E-state index < -0.39 is 0 Å². The van der Waals surface area contributed by atoms with Crippen molar-refractivity contribution < 1.29 is 0 Å². The lowest BCUT2D eigenvalue weighted by Gasteiger charge is -2.15. The molecule has 0 saturated heterocycles. The molecule has 0 N–H and O–H groups in total. The highest BCUT2D eigenvalue weighted by atomic mass is 15.2. The van der Waals surface area contributed by atoms with Crippen molar-refractivity contribution >= 4 is 32.7 Å². The summed E-state index contributed by atoms with van der Waals surface area (Å²) < 4.78 is 4.43. The minimum absolute atomic E-state index is 0.608. The average Bonchev–Trinajstić information content (AvgIpc) is 3.69. The summed E-state index contributed by atoms with van der Waals surface area (Å²) in [5.41, 5.74) is 8.77. The molecule has 46 heavy (non-hydrogen) atoms. The van der Waals surface area contributed by atoms with Gasteiger partial charge in [0.15, 0.2) is 5.82 Å². The molecule has 0 unspecified atom stereocenters. The van der Waals surface area contributed by atoms with Crippen LogP contribution in [0.3, 0.4) is 0 Å². The van der Waals surface area contributed by atoms with Crippen LogP contribution in [0, 0.1) is 0 Å². The minimum Gasteiger partial charge on any atom is -0.290 e. The molecule has 0 spiro atoms. The van der Waals surface area contributed by atoms with E-state index in [4.69, 9.17) is 15.0 Å². The Kier molecular flexibility index (Phi) is 6.06. The van der Waals surface area contributed by atoms with Gasteiger partial charge in [-0.1, -0.05) is 133 Å². The number of hydrogen-bond acceptors (Lipinski definition) is 3. The number of nitrogens with zero attached hydrogens (tertiary/aromatic N) is 5. The van der Waals surface area contributed by atoms with Crippen LogP contribution in [0.15, 0.2) is 164 Å². The summed E-state index contributed by atoms with van der Waals surface area (Å²) in [6.45, 7) is 0. The summed E-state index contributed by atoms with van der Waals surface area (Å²) >= 11 is 0. The molecule has 0 aliphatic carbocycles. The smallest absolute Gasteiger partial charge is 0.235 e. The predicted molar refractivity (Wildman–Crippen MR) is 187 cm³/mol. The van der Waals surface area contributed by atoms with Gasteiger partial charge in [-0.3, -0.25) is 9.13 Å². The Bertz CT molecular complexity index is 2460. The van der Waals surface area contributed by atoms with Crippen LogP contribution in [-0.4, -0.2) is 24.1 Å². The lowest BCUT2D eigenvalue weighted by atomic mass is 10.0. The summed E-state index contributed by atoms with van der Waals surface area (Å²) in [5, 5.41) is 3.27. The molecule has 0 atom stereocenters. The Hall–Kier alpha value is -6.33. The number of rotatable bonds is 5. The van der Waals surface area contributed by atoms with Crippen LogP contribution < -0.4 is 0 Å². The van der Waals surface area contributed by atoms with Crippen LogP contribution in [0.1, 0.15) is 0 Å². The third kappa shape index (κ3) is 4.14. The fraction of sp³-hybridized carbons (Fsp3) is 0. The lowest BCUT2D eigenvalue weighted by Crippen LogP contribution is -2.06. The summed E-state index contributed by atoms with van der Waals surface area (Å²) in [7, 11) is 0. The van der Waals surface area contributed by atoms with E-state index in [0.717, 1.165) is 61.7 Å². The summed E-state index contributed by atoms with van der Waals surface area (Å²) in [6.07, 6.45) is 0. The highest BCUT2D eigenvalue weighted by Crippen LogP contribution is 2.40. The molecule has 5 heteroatoms. The Balaban J connectivity index is 1.42. The van der Waals surface area contributed by atoms with Gasteiger partial charge in [-0.15, -0.1) is 0 Å². The second kappa shape index (κ2) is 10.7. The van der Waals surface area contributed by atoms with Gasteiger partial charge in [0.25, 0.3) is 0 Å². The normalized spacial score (nSPS) is 11.5. The Morgan fingerprint density at radius 1 is 0.370 bits per heavy atom. The molecule has 0 aliphatic rings. The maximum absolute atomic E-state index is 5.46. The molecule has 0 bridgehead atoms. The number of benzene rings is 6. The molecule has 5 nitrogen and oxygen atoms in total. The highest BCUT2D eigenvalue weighted by molar-refractivity contribution is 6.09. The van der Waals surface area contributed by atoms with Crippen LogP contribution in [0.5, 0.6) is 0 Å². The molecule has 3 aromatic heterocycles. The molecular weight excluding hydrogens is 562 g/mol. The first-order chi connectivity index (χ1) is 22.8. The Labute approximate surface area is 265 Å². The van der Waals surface area contributed by atoms with Crippen LogP contribution in [0.25, 0.3) is 78.4 Å². The van der Waals surface area contributed by atoms with Gasteiger partial charge in [-0.2, -0.15) is 0 Å². The summed E-state index contributed by atoms with van der Waals surface area (Å²) in [5.74, 6) is 1.36. The summed E-state index contributed by atoms with van der Waals surface area (Å²) in [6, 6.07) is 56.5. The van der Waals surface area contributed by atoms with Gasteiger partial charge in [0.1, 0.15) is 5.69 Å². The zero-order valence-corrected chi connectivity index (χ0v) is 24.8. The van der Waals surface area contributed by atoms with Gasteiger partial charge < -0.3 is 0 Å². The van der Waals surface area contributed by atoms with Crippen molar-refractivity contribution in [1.29, 1.82) is 0 Å². The average molecular weight is 590 g/mol. The fourth-order valence-electron chi connectivity index (χ4n) is 6.54. The largest absolute Gasteiger partial charge is 0.290 e. The fourth-order valence-corrected chi connectivity index (χ4v) is 6.54. The van der Waals surface area contributed by atoms with Gasteiger partial charge in [0.2, 0.25) is 5.95 Å². The van der Waals surface area contributed by atoms with Crippen molar-refractivity contribution in [3.63, 3.8) is 0 Å². The number of para-hydroxylation sites is 4. The van der Waals surface area contributed by atoms with Crippen LogP contribution in [0.4, 0.5) is 0 Å². The topological polar surface area (TPSA) is 48.5 Å². The first kappa shape index (κ1) is 26.1. The molecule has 9 rings (SSSR count). The Morgan fingerprint density at radius 3 is 1.54 bits per heavy atom. The van der Waals surface area contributed by atoms with Gasteiger partial charge in [0, 0.05) is 33.0 Å². The van der Waals surface area contributed by atoms with Gasteiger partial charge >= 0.3 is 0 Å². The molecule has 3 heterocycles. The highest BCUT2D eigenvalue weighted by Gasteiger charge is 2.26. The van der Waals surface area contributed by atoms with Gasteiger partial charge in [-0.05, 0) is 30.3 Å². The van der Waals surface area contributed by atoms with Crippen molar-refractivity contribution in [3.05, 3.63) is 164 Å². The van der Waals surface area contributed by atoms with E-state index >= 15 is 0 Å². The van der Waals surface area contributed by atoms with E-state index in [-0.39, 0.29) is 0 Å². The monoisotopic (exact) mass is 589 g/mol. The first-order valence-electron chi connectivity index (χ1n) is 15.4. The minimum atomic E-state index is 0.608. The molecule has 0 fully saturated rings. The quantitative estimate of drug-likeness (QED) is 0.201. The molecule has 0 aliphatic heterocycles. The van der Waals surface area contributed by atoms with E-state index in [1.165, 1.54) is 10.8 Å². The second-order valence-electron chi connectivity index (χ2n) is 11.3.